The minimum absolute atomic E-state index is 0.402. The summed E-state index contributed by atoms with van der Waals surface area (Å²) < 4.78 is 2.25. The van der Waals surface area contributed by atoms with Crippen molar-refractivity contribution in [3.63, 3.8) is 0 Å². The molecule has 18 heavy (non-hydrogen) atoms. The zero-order valence-electron chi connectivity index (χ0n) is 10.8. The molecular weight excluding hydrogens is 226 g/mol. The van der Waals surface area contributed by atoms with Crippen molar-refractivity contribution in [2.75, 3.05) is 0 Å². The van der Waals surface area contributed by atoms with Crippen molar-refractivity contribution in [2.45, 2.75) is 32.6 Å². The van der Waals surface area contributed by atoms with Crippen LogP contribution in [0.5, 0.6) is 0 Å². The molecule has 1 aromatic carbocycles. The van der Waals surface area contributed by atoms with E-state index in [0.29, 0.717) is 5.56 Å². The number of hydrogen-bond donors (Lipinski definition) is 1. The van der Waals surface area contributed by atoms with E-state index in [1.165, 1.54) is 29.6 Å². The van der Waals surface area contributed by atoms with Crippen LogP contribution in [0.3, 0.4) is 0 Å². The van der Waals surface area contributed by atoms with E-state index in [1.54, 1.807) is 6.07 Å². The van der Waals surface area contributed by atoms with E-state index in [4.69, 9.17) is 0 Å². The Balaban J connectivity index is 2.39. The zero-order valence-corrected chi connectivity index (χ0v) is 10.8. The van der Waals surface area contributed by atoms with Gasteiger partial charge in [0.2, 0.25) is 0 Å². The monoisotopic (exact) mass is 243 g/mol. The summed E-state index contributed by atoms with van der Waals surface area (Å²) in [7, 11) is 2.10. The van der Waals surface area contributed by atoms with Crippen LogP contribution in [-0.4, -0.2) is 15.6 Å². The number of aryl methyl sites for hydroxylation is 3. The van der Waals surface area contributed by atoms with Gasteiger partial charge >= 0.3 is 5.97 Å². The van der Waals surface area contributed by atoms with Gasteiger partial charge in [0.15, 0.2) is 0 Å². The van der Waals surface area contributed by atoms with Crippen molar-refractivity contribution in [3.05, 3.63) is 34.5 Å². The molecule has 0 spiro atoms. The van der Waals surface area contributed by atoms with Crippen LogP contribution in [0.2, 0.25) is 0 Å². The third-order valence-electron chi connectivity index (χ3n) is 4.05. The van der Waals surface area contributed by atoms with Gasteiger partial charge in [0.25, 0.3) is 0 Å². The van der Waals surface area contributed by atoms with Crippen LogP contribution in [0.25, 0.3) is 10.9 Å². The molecule has 1 N–H and O–H groups in total. The fraction of sp³-hybridized carbons (Fsp3) is 0.400. The SMILES string of the molecule is Cc1cc(C(=O)O)cc2c3c(n(C)c12)CCCC3. The van der Waals surface area contributed by atoms with E-state index in [9.17, 15) is 9.90 Å². The highest BCUT2D eigenvalue weighted by Gasteiger charge is 2.20. The normalized spacial score (nSPS) is 14.8. The van der Waals surface area contributed by atoms with Gasteiger partial charge in [-0.05, 0) is 55.9 Å². The Morgan fingerprint density at radius 2 is 2.00 bits per heavy atom. The fourth-order valence-corrected chi connectivity index (χ4v) is 3.26. The Morgan fingerprint density at radius 1 is 1.28 bits per heavy atom. The predicted molar refractivity (Wildman–Crippen MR) is 71.3 cm³/mol. The molecule has 94 valence electrons. The van der Waals surface area contributed by atoms with Crippen molar-refractivity contribution in [3.8, 4) is 0 Å². The van der Waals surface area contributed by atoms with Gasteiger partial charge in [0, 0.05) is 18.1 Å². The smallest absolute Gasteiger partial charge is 0.335 e. The number of carboxylic acids is 1. The lowest BCUT2D eigenvalue weighted by Gasteiger charge is -2.12. The Labute approximate surface area is 106 Å². The van der Waals surface area contributed by atoms with Gasteiger partial charge in [-0.3, -0.25) is 0 Å². The molecular formula is C15H17NO2. The van der Waals surface area contributed by atoms with Crippen LogP contribution in [0.4, 0.5) is 0 Å². The predicted octanol–water partition coefficient (Wildman–Crippen LogP) is 3.06. The van der Waals surface area contributed by atoms with Crippen molar-refractivity contribution in [2.24, 2.45) is 7.05 Å². The summed E-state index contributed by atoms with van der Waals surface area (Å²) in [6, 6.07) is 3.62. The molecule has 3 heteroatoms. The van der Waals surface area contributed by atoms with E-state index >= 15 is 0 Å². The second-order valence-electron chi connectivity index (χ2n) is 5.19. The van der Waals surface area contributed by atoms with Gasteiger partial charge in [-0.2, -0.15) is 0 Å². The molecule has 0 atom stereocenters. The molecule has 3 rings (SSSR count). The Bertz CT molecular complexity index is 652. The maximum atomic E-state index is 11.2. The molecule has 2 aromatic rings. The van der Waals surface area contributed by atoms with E-state index < -0.39 is 5.97 Å². The maximum Gasteiger partial charge on any atom is 0.335 e. The summed E-state index contributed by atoms with van der Waals surface area (Å²) in [4.78, 5) is 11.2. The lowest BCUT2D eigenvalue weighted by molar-refractivity contribution is 0.0697. The van der Waals surface area contributed by atoms with Crippen LogP contribution in [0.15, 0.2) is 12.1 Å². The summed E-state index contributed by atoms with van der Waals surface area (Å²) in [5.74, 6) is -0.839. The Hall–Kier alpha value is -1.77. The van der Waals surface area contributed by atoms with Crippen LogP contribution in [0, 0.1) is 6.92 Å². The van der Waals surface area contributed by atoms with Crippen LogP contribution in [0.1, 0.15) is 40.0 Å². The van der Waals surface area contributed by atoms with Gasteiger partial charge in [-0.25, -0.2) is 4.79 Å². The van der Waals surface area contributed by atoms with E-state index in [2.05, 4.69) is 11.6 Å². The Kier molecular flexibility index (Phi) is 2.44. The molecule has 0 radical (unpaired) electrons. The summed E-state index contributed by atoms with van der Waals surface area (Å²) in [5, 5.41) is 10.3. The molecule has 0 aliphatic heterocycles. The summed E-state index contributed by atoms with van der Waals surface area (Å²) in [6.07, 6.45) is 4.64. The van der Waals surface area contributed by atoms with Gasteiger partial charge in [0.05, 0.1) is 11.1 Å². The quantitative estimate of drug-likeness (QED) is 0.836. The van der Waals surface area contributed by atoms with Crippen LogP contribution >= 0.6 is 0 Å². The summed E-state index contributed by atoms with van der Waals surface area (Å²) >= 11 is 0. The van der Waals surface area contributed by atoms with Gasteiger partial charge in [-0.15, -0.1) is 0 Å². The number of aromatic nitrogens is 1. The first-order valence-corrected chi connectivity index (χ1v) is 6.43. The highest BCUT2D eigenvalue weighted by Crippen LogP contribution is 2.33. The third-order valence-corrected chi connectivity index (χ3v) is 4.05. The summed E-state index contributed by atoms with van der Waals surface area (Å²) in [6.45, 7) is 2.00. The van der Waals surface area contributed by atoms with Gasteiger partial charge < -0.3 is 9.67 Å². The highest BCUT2D eigenvalue weighted by atomic mass is 16.4. The first-order chi connectivity index (χ1) is 8.59. The number of hydrogen-bond acceptors (Lipinski definition) is 1. The number of aromatic carboxylic acids is 1. The molecule has 0 saturated carbocycles. The molecule has 1 heterocycles. The molecule has 0 fully saturated rings. The second kappa shape index (κ2) is 3.87. The molecule has 1 aliphatic carbocycles. The molecule has 3 nitrogen and oxygen atoms in total. The highest BCUT2D eigenvalue weighted by molar-refractivity contribution is 5.97. The lowest BCUT2D eigenvalue weighted by Crippen LogP contribution is -2.04. The van der Waals surface area contributed by atoms with Crippen molar-refractivity contribution in [1.29, 1.82) is 0 Å². The van der Waals surface area contributed by atoms with Crippen LogP contribution in [-0.2, 0) is 19.9 Å². The minimum Gasteiger partial charge on any atom is -0.478 e. The van der Waals surface area contributed by atoms with Crippen molar-refractivity contribution >= 4 is 16.9 Å². The van der Waals surface area contributed by atoms with Gasteiger partial charge in [0.1, 0.15) is 0 Å². The topological polar surface area (TPSA) is 42.2 Å². The van der Waals surface area contributed by atoms with E-state index in [0.717, 1.165) is 23.8 Å². The van der Waals surface area contributed by atoms with E-state index in [1.807, 2.05) is 13.0 Å². The number of nitrogens with zero attached hydrogens (tertiary/aromatic N) is 1. The lowest BCUT2D eigenvalue weighted by atomic mass is 9.94. The number of rotatable bonds is 1. The number of fused-ring (bicyclic) bond motifs is 3. The summed E-state index contributed by atoms with van der Waals surface area (Å²) in [5.41, 5.74) is 5.42. The first-order valence-electron chi connectivity index (χ1n) is 6.43. The molecule has 1 aliphatic rings. The first kappa shape index (κ1) is 11.3. The molecule has 0 bridgehead atoms. The van der Waals surface area contributed by atoms with Gasteiger partial charge in [-0.1, -0.05) is 0 Å². The average Bonchev–Trinajstić information content (AvgIpc) is 2.64. The largest absolute Gasteiger partial charge is 0.478 e. The third kappa shape index (κ3) is 1.47. The number of carboxylic acid groups (broad SMARTS) is 1. The molecule has 0 amide bonds. The number of benzene rings is 1. The van der Waals surface area contributed by atoms with Crippen molar-refractivity contribution < 1.29 is 9.90 Å². The molecule has 1 aromatic heterocycles. The van der Waals surface area contributed by atoms with E-state index in [-0.39, 0.29) is 0 Å². The fourth-order valence-electron chi connectivity index (χ4n) is 3.26. The minimum atomic E-state index is -0.839. The molecule has 0 unspecified atom stereocenters. The second-order valence-corrected chi connectivity index (χ2v) is 5.19. The standard InChI is InChI=1S/C15H17NO2/c1-9-7-10(15(17)18)8-12-11-5-3-4-6-13(11)16(2)14(9)12/h7-8H,3-6H2,1-2H3,(H,17,18). The average molecular weight is 243 g/mol. The van der Waals surface area contributed by atoms with Crippen molar-refractivity contribution in [1.82, 2.24) is 4.57 Å². The zero-order chi connectivity index (χ0) is 12.9. The molecule has 0 saturated heterocycles. The maximum absolute atomic E-state index is 11.2. The number of carbonyl (C=O) groups is 1. The van der Waals surface area contributed by atoms with Crippen LogP contribution < -0.4 is 0 Å². The Morgan fingerprint density at radius 3 is 2.72 bits per heavy atom.